The van der Waals surface area contributed by atoms with E-state index in [0.717, 1.165) is 31.1 Å². The Morgan fingerprint density at radius 2 is 1.90 bits per heavy atom. The lowest BCUT2D eigenvalue weighted by Gasteiger charge is -2.30. The molecule has 1 aliphatic heterocycles. The molecule has 1 saturated carbocycles. The standard InChI is InChI=1S/C16H23N3O2/c20-19(21)16-4-2-1-3-14(16)12-18(15-5-6-15)11-13-7-9-17-10-8-13/h1-4,13,15,17H,5-12H2. The van der Waals surface area contributed by atoms with Crippen molar-refractivity contribution in [1.29, 1.82) is 0 Å². The van der Waals surface area contributed by atoms with E-state index in [9.17, 15) is 10.1 Å². The number of hydrogen-bond donors (Lipinski definition) is 1. The molecule has 21 heavy (non-hydrogen) atoms. The van der Waals surface area contributed by atoms with Crippen molar-refractivity contribution in [2.45, 2.75) is 38.3 Å². The van der Waals surface area contributed by atoms with Crippen LogP contribution in [0.4, 0.5) is 5.69 Å². The van der Waals surface area contributed by atoms with Gasteiger partial charge in [0.05, 0.1) is 4.92 Å². The highest BCUT2D eigenvalue weighted by atomic mass is 16.6. The molecule has 114 valence electrons. The van der Waals surface area contributed by atoms with E-state index in [4.69, 9.17) is 0 Å². The fraction of sp³-hybridized carbons (Fsp3) is 0.625. The Balaban J connectivity index is 1.69. The topological polar surface area (TPSA) is 58.4 Å². The number of hydrogen-bond acceptors (Lipinski definition) is 4. The van der Waals surface area contributed by atoms with Gasteiger partial charge < -0.3 is 5.32 Å². The van der Waals surface area contributed by atoms with E-state index >= 15 is 0 Å². The Morgan fingerprint density at radius 1 is 1.19 bits per heavy atom. The van der Waals surface area contributed by atoms with E-state index in [2.05, 4.69) is 10.2 Å². The minimum Gasteiger partial charge on any atom is -0.317 e. The van der Waals surface area contributed by atoms with Crippen LogP contribution < -0.4 is 5.32 Å². The van der Waals surface area contributed by atoms with Gasteiger partial charge in [0.1, 0.15) is 0 Å². The molecule has 3 rings (SSSR count). The average Bonchev–Trinajstić information content (AvgIpc) is 3.33. The van der Waals surface area contributed by atoms with Gasteiger partial charge in [0.2, 0.25) is 0 Å². The van der Waals surface area contributed by atoms with Crippen LogP contribution in [-0.2, 0) is 6.54 Å². The van der Waals surface area contributed by atoms with Crippen LogP contribution in [-0.4, -0.2) is 35.5 Å². The molecule has 0 aromatic heterocycles. The van der Waals surface area contributed by atoms with Gasteiger partial charge in [0.25, 0.3) is 5.69 Å². The van der Waals surface area contributed by atoms with Crippen LogP contribution in [0.1, 0.15) is 31.2 Å². The zero-order valence-corrected chi connectivity index (χ0v) is 12.3. The SMILES string of the molecule is O=[N+]([O-])c1ccccc1CN(CC1CCNCC1)C1CC1. The first kappa shape index (κ1) is 14.5. The third-order valence-electron chi connectivity index (χ3n) is 4.58. The van der Waals surface area contributed by atoms with E-state index < -0.39 is 0 Å². The molecule has 1 aromatic carbocycles. The van der Waals surface area contributed by atoms with Crippen LogP contribution in [0.2, 0.25) is 0 Å². The van der Waals surface area contributed by atoms with Gasteiger partial charge in [-0.25, -0.2) is 0 Å². The molecule has 1 saturated heterocycles. The first-order chi connectivity index (χ1) is 10.2. The molecular formula is C16H23N3O2. The maximum atomic E-state index is 11.2. The molecule has 0 amide bonds. The lowest BCUT2D eigenvalue weighted by Crippen LogP contribution is -2.37. The second kappa shape index (κ2) is 6.54. The number of piperidine rings is 1. The Hall–Kier alpha value is -1.46. The van der Waals surface area contributed by atoms with Gasteiger partial charge in [-0.3, -0.25) is 15.0 Å². The van der Waals surface area contributed by atoms with Gasteiger partial charge in [-0.1, -0.05) is 18.2 Å². The third-order valence-corrected chi connectivity index (χ3v) is 4.58. The van der Waals surface area contributed by atoms with Crippen molar-refractivity contribution in [3.63, 3.8) is 0 Å². The third kappa shape index (κ3) is 3.80. The molecular weight excluding hydrogens is 266 g/mol. The Kier molecular flexibility index (Phi) is 4.51. The van der Waals surface area contributed by atoms with Gasteiger partial charge in [-0.15, -0.1) is 0 Å². The lowest BCUT2D eigenvalue weighted by atomic mass is 9.97. The average molecular weight is 289 g/mol. The molecule has 1 aromatic rings. The van der Waals surface area contributed by atoms with Crippen LogP contribution in [0, 0.1) is 16.0 Å². The number of nitro benzene ring substituents is 1. The quantitative estimate of drug-likeness (QED) is 0.646. The smallest absolute Gasteiger partial charge is 0.273 e. The molecule has 1 heterocycles. The van der Waals surface area contributed by atoms with E-state index in [0.29, 0.717) is 12.6 Å². The van der Waals surface area contributed by atoms with Gasteiger partial charge >= 0.3 is 0 Å². The van der Waals surface area contributed by atoms with E-state index in [1.165, 1.54) is 25.7 Å². The maximum absolute atomic E-state index is 11.2. The summed E-state index contributed by atoms with van der Waals surface area (Å²) in [5.74, 6) is 0.731. The number of rotatable bonds is 6. The summed E-state index contributed by atoms with van der Waals surface area (Å²) in [6.07, 6.45) is 4.93. The number of nitrogens with one attached hydrogen (secondary N) is 1. The maximum Gasteiger partial charge on any atom is 0.273 e. The molecule has 0 unspecified atom stereocenters. The highest BCUT2D eigenvalue weighted by Gasteiger charge is 2.32. The number of nitrogens with zero attached hydrogens (tertiary/aromatic N) is 2. The summed E-state index contributed by atoms with van der Waals surface area (Å²) in [5.41, 5.74) is 1.11. The van der Waals surface area contributed by atoms with Crippen LogP contribution in [0.3, 0.4) is 0 Å². The zero-order valence-electron chi connectivity index (χ0n) is 12.3. The Morgan fingerprint density at radius 3 is 2.57 bits per heavy atom. The molecule has 2 fully saturated rings. The highest BCUT2D eigenvalue weighted by Crippen LogP contribution is 2.32. The Bertz CT molecular complexity index is 496. The Labute approximate surface area is 125 Å². The summed E-state index contributed by atoms with van der Waals surface area (Å²) in [7, 11) is 0. The predicted molar refractivity (Wildman–Crippen MR) is 82.1 cm³/mol. The minimum absolute atomic E-state index is 0.258. The molecule has 1 N–H and O–H groups in total. The highest BCUT2D eigenvalue weighted by molar-refractivity contribution is 5.39. The fourth-order valence-corrected chi connectivity index (χ4v) is 3.22. The molecule has 1 aliphatic carbocycles. The van der Waals surface area contributed by atoms with Crippen molar-refractivity contribution < 1.29 is 4.92 Å². The zero-order chi connectivity index (χ0) is 14.7. The first-order valence-electron chi connectivity index (χ1n) is 7.91. The van der Waals surface area contributed by atoms with Crippen LogP contribution in [0.25, 0.3) is 0 Å². The van der Waals surface area contributed by atoms with E-state index in [1.54, 1.807) is 12.1 Å². The molecule has 2 aliphatic rings. The second-order valence-corrected chi connectivity index (χ2v) is 6.24. The summed E-state index contributed by atoms with van der Waals surface area (Å²) in [6.45, 7) is 4.01. The van der Waals surface area contributed by atoms with Crippen molar-refractivity contribution in [2.24, 2.45) is 5.92 Å². The fourth-order valence-electron chi connectivity index (χ4n) is 3.22. The normalized spacial score (nSPS) is 19.9. The summed E-state index contributed by atoms with van der Waals surface area (Å²) in [4.78, 5) is 13.4. The summed E-state index contributed by atoms with van der Waals surface area (Å²) >= 11 is 0. The van der Waals surface area contributed by atoms with Gasteiger partial charge in [0.15, 0.2) is 0 Å². The molecule has 0 spiro atoms. The number of para-hydroxylation sites is 1. The van der Waals surface area contributed by atoms with E-state index in [-0.39, 0.29) is 10.6 Å². The molecule has 0 radical (unpaired) electrons. The van der Waals surface area contributed by atoms with Crippen LogP contribution in [0.5, 0.6) is 0 Å². The van der Waals surface area contributed by atoms with E-state index in [1.807, 2.05) is 12.1 Å². The predicted octanol–water partition coefficient (Wildman–Crippen LogP) is 2.56. The minimum atomic E-state index is -0.259. The molecule has 0 bridgehead atoms. The molecule has 5 heteroatoms. The van der Waals surface area contributed by atoms with Crippen molar-refractivity contribution in [3.05, 3.63) is 39.9 Å². The first-order valence-corrected chi connectivity index (χ1v) is 7.91. The summed E-state index contributed by atoms with van der Waals surface area (Å²) < 4.78 is 0. The second-order valence-electron chi connectivity index (χ2n) is 6.24. The van der Waals surface area contributed by atoms with Gasteiger partial charge in [-0.2, -0.15) is 0 Å². The monoisotopic (exact) mass is 289 g/mol. The molecule has 0 atom stereocenters. The van der Waals surface area contributed by atoms with Crippen molar-refractivity contribution >= 4 is 5.69 Å². The van der Waals surface area contributed by atoms with Crippen LogP contribution in [0.15, 0.2) is 24.3 Å². The van der Waals surface area contributed by atoms with Crippen molar-refractivity contribution in [3.8, 4) is 0 Å². The van der Waals surface area contributed by atoms with Crippen molar-refractivity contribution in [1.82, 2.24) is 10.2 Å². The van der Waals surface area contributed by atoms with Crippen LogP contribution >= 0.6 is 0 Å². The number of benzene rings is 1. The van der Waals surface area contributed by atoms with Gasteiger partial charge in [0, 0.05) is 30.8 Å². The lowest BCUT2D eigenvalue weighted by molar-refractivity contribution is -0.385. The number of nitro groups is 1. The molecule has 5 nitrogen and oxygen atoms in total. The summed E-state index contributed by atoms with van der Waals surface area (Å²) in [6, 6.07) is 7.80. The van der Waals surface area contributed by atoms with Gasteiger partial charge in [-0.05, 0) is 44.7 Å². The largest absolute Gasteiger partial charge is 0.317 e. The summed E-state index contributed by atoms with van der Waals surface area (Å²) in [5, 5.41) is 14.6. The van der Waals surface area contributed by atoms with Crippen molar-refractivity contribution in [2.75, 3.05) is 19.6 Å².